The molecule has 0 amide bonds. The van der Waals surface area contributed by atoms with E-state index in [-0.39, 0.29) is 31.1 Å². The van der Waals surface area contributed by atoms with Gasteiger partial charge in [-0.1, -0.05) is 340 Å². The van der Waals surface area contributed by atoms with Gasteiger partial charge in [0, 0.05) is 19.3 Å². The Labute approximate surface area is 487 Å². The van der Waals surface area contributed by atoms with Crippen molar-refractivity contribution in [3.05, 3.63) is 24.3 Å². The van der Waals surface area contributed by atoms with Crippen molar-refractivity contribution in [2.75, 3.05) is 13.2 Å². The summed E-state index contributed by atoms with van der Waals surface area (Å²) >= 11 is 0. The molecule has 1 unspecified atom stereocenters. The van der Waals surface area contributed by atoms with Crippen molar-refractivity contribution in [2.45, 2.75) is 406 Å². The zero-order chi connectivity index (χ0) is 56.4. The van der Waals surface area contributed by atoms with Crippen LogP contribution in [0.1, 0.15) is 400 Å². The zero-order valence-corrected chi connectivity index (χ0v) is 53.0. The van der Waals surface area contributed by atoms with Gasteiger partial charge < -0.3 is 14.2 Å². The topological polar surface area (TPSA) is 78.9 Å². The molecule has 0 saturated heterocycles. The Balaban J connectivity index is 4.13. The first-order valence-corrected chi connectivity index (χ1v) is 35.3. The minimum atomic E-state index is -0.771. The molecule has 6 nitrogen and oxygen atoms in total. The molecule has 0 heterocycles. The van der Waals surface area contributed by atoms with Crippen molar-refractivity contribution in [2.24, 2.45) is 0 Å². The summed E-state index contributed by atoms with van der Waals surface area (Å²) in [7, 11) is 0. The van der Waals surface area contributed by atoms with Gasteiger partial charge in [-0.25, -0.2) is 0 Å². The lowest BCUT2D eigenvalue weighted by Gasteiger charge is -2.18. The molecule has 0 aliphatic heterocycles. The van der Waals surface area contributed by atoms with Crippen molar-refractivity contribution >= 4 is 17.9 Å². The average Bonchev–Trinajstić information content (AvgIpc) is 3.44. The molecule has 0 aromatic heterocycles. The van der Waals surface area contributed by atoms with E-state index in [4.69, 9.17) is 14.2 Å². The quantitative estimate of drug-likeness (QED) is 0.0261. The highest BCUT2D eigenvalue weighted by Gasteiger charge is 2.19. The fourth-order valence-electron chi connectivity index (χ4n) is 10.9. The third-order valence-electron chi connectivity index (χ3n) is 16.2. The third kappa shape index (κ3) is 64.7. The van der Waals surface area contributed by atoms with Crippen LogP contribution in [0.4, 0.5) is 0 Å². The van der Waals surface area contributed by atoms with Crippen LogP contribution in [0.3, 0.4) is 0 Å². The predicted molar refractivity (Wildman–Crippen MR) is 340 cm³/mol. The van der Waals surface area contributed by atoms with Crippen molar-refractivity contribution in [1.82, 2.24) is 0 Å². The second-order valence-corrected chi connectivity index (χ2v) is 24.1. The molecule has 0 radical (unpaired) electrons. The van der Waals surface area contributed by atoms with E-state index in [2.05, 4.69) is 45.1 Å². The minimum Gasteiger partial charge on any atom is -0.462 e. The summed E-state index contributed by atoms with van der Waals surface area (Å²) in [6.07, 6.45) is 82.3. The SMILES string of the molecule is CCC/C=C\CCCCCCCC(=O)OCC(COC(=O)CCCCCCCCCCCCCCC/C=C\CCCCCCCCCC)OC(=O)CCCCCCCCCCCCCCCCCCCCCCCCCCC. The van der Waals surface area contributed by atoms with Crippen molar-refractivity contribution in [1.29, 1.82) is 0 Å². The maximum absolute atomic E-state index is 12.9. The van der Waals surface area contributed by atoms with Gasteiger partial charge in [0.15, 0.2) is 6.10 Å². The summed E-state index contributed by atoms with van der Waals surface area (Å²) in [6, 6.07) is 0. The highest BCUT2D eigenvalue weighted by Crippen LogP contribution is 2.19. The molecule has 0 rings (SSSR count). The van der Waals surface area contributed by atoms with Gasteiger partial charge in [-0.3, -0.25) is 14.4 Å². The minimum absolute atomic E-state index is 0.0686. The van der Waals surface area contributed by atoms with Gasteiger partial charge >= 0.3 is 17.9 Å². The molecule has 0 N–H and O–H groups in total. The standard InChI is InChI=1S/C72H136O6/c1-4-7-10-13-16-19-22-24-26-28-30-32-34-36-38-40-42-44-46-48-50-53-56-59-62-65-71(74)77-68-69(67-76-70(73)64-61-58-55-52-21-18-15-12-9-6-3)78-72(75)66-63-60-57-54-51-49-47-45-43-41-39-37-35-33-31-29-27-25-23-20-17-14-11-8-5-2/h12,15,28,30,69H,4-11,13-14,16-27,29,31-68H2,1-3H3/b15-12-,30-28-. The molecule has 1 atom stereocenters. The lowest BCUT2D eigenvalue weighted by Crippen LogP contribution is -2.30. The zero-order valence-electron chi connectivity index (χ0n) is 53.0. The summed E-state index contributed by atoms with van der Waals surface area (Å²) in [5.74, 6) is -0.851. The Bertz CT molecular complexity index is 1260. The number of esters is 3. The van der Waals surface area contributed by atoms with Crippen LogP contribution in [-0.4, -0.2) is 37.2 Å². The van der Waals surface area contributed by atoms with E-state index >= 15 is 0 Å². The Morgan fingerprint density at radius 3 is 0.692 bits per heavy atom. The van der Waals surface area contributed by atoms with Crippen LogP contribution in [0.5, 0.6) is 0 Å². The van der Waals surface area contributed by atoms with E-state index in [0.717, 1.165) is 70.6 Å². The molecule has 0 aliphatic rings. The second-order valence-electron chi connectivity index (χ2n) is 24.1. The van der Waals surface area contributed by atoms with Gasteiger partial charge in [-0.2, -0.15) is 0 Å². The van der Waals surface area contributed by atoms with Crippen LogP contribution >= 0.6 is 0 Å². The van der Waals surface area contributed by atoms with E-state index in [0.29, 0.717) is 19.3 Å². The maximum atomic E-state index is 12.9. The number of hydrogen-bond donors (Lipinski definition) is 0. The monoisotopic (exact) mass is 1100 g/mol. The number of carbonyl (C=O) groups is 3. The van der Waals surface area contributed by atoms with Crippen LogP contribution in [0.25, 0.3) is 0 Å². The van der Waals surface area contributed by atoms with Gasteiger partial charge in [0.25, 0.3) is 0 Å². The van der Waals surface area contributed by atoms with E-state index < -0.39 is 6.10 Å². The number of ether oxygens (including phenoxy) is 3. The van der Waals surface area contributed by atoms with Gasteiger partial charge in [0.2, 0.25) is 0 Å². The number of hydrogen-bond acceptors (Lipinski definition) is 6. The van der Waals surface area contributed by atoms with Crippen molar-refractivity contribution in [3.63, 3.8) is 0 Å². The van der Waals surface area contributed by atoms with E-state index in [1.54, 1.807) is 0 Å². The van der Waals surface area contributed by atoms with Gasteiger partial charge in [0.1, 0.15) is 13.2 Å². The smallest absolute Gasteiger partial charge is 0.306 e. The highest BCUT2D eigenvalue weighted by molar-refractivity contribution is 5.71. The summed E-state index contributed by atoms with van der Waals surface area (Å²) in [4.78, 5) is 38.3. The Morgan fingerprint density at radius 1 is 0.244 bits per heavy atom. The van der Waals surface area contributed by atoms with E-state index in [1.807, 2.05) is 0 Å². The normalized spacial score (nSPS) is 12.1. The molecule has 0 aliphatic carbocycles. The van der Waals surface area contributed by atoms with Crippen LogP contribution in [0, 0.1) is 0 Å². The molecular weight excluding hydrogens is 961 g/mol. The molecule has 0 aromatic rings. The first-order chi connectivity index (χ1) is 38.5. The molecule has 460 valence electrons. The lowest BCUT2D eigenvalue weighted by atomic mass is 10.0. The molecule has 0 spiro atoms. The van der Waals surface area contributed by atoms with Gasteiger partial charge in [-0.15, -0.1) is 0 Å². The fraction of sp³-hybridized carbons (Fsp3) is 0.903. The summed E-state index contributed by atoms with van der Waals surface area (Å²) < 4.78 is 16.9. The molecule has 0 fully saturated rings. The summed E-state index contributed by atoms with van der Waals surface area (Å²) in [6.45, 7) is 6.65. The van der Waals surface area contributed by atoms with Crippen molar-refractivity contribution in [3.8, 4) is 0 Å². The Hall–Kier alpha value is -2.11. The average molecular weight is 1100 g/mol. The largest absolute Gasteiger partial charge is 0.462 e. The molecule has 78 heavy (non-hydrogen) atoms. The molecule has 0 bridgehead atoms. The van der Waals surface area contributed by atoms with E-state index in [9.17, 15) is 14.4 Å². The van der Waals surface area contributed by atoms with Crippen LogP contribution in [0.2, 0.25) is 0 Å². The fourth-order valence-corrected chi connectivity index (χ4v) is 10.9. The number of carbonyl (C=O) groups excluding carboxylic acids is 3. The number of rotatable bonds is 66. The highest BCUT2D eigenvalue weighted by atomic mass is 16.6. The summed E-state index contributed by atoms with van der Waals surface area (Å²) in [5, 5.41) is 0. The molecule has 6 heteroatoms. The van der Waals surface area contributed by atoms with Gasteiger partial charge in [-0.05, 0) is 64.2 Å². The number of unbranched alkanes of at least 4 members (excludes halogenated alkanes) is 51. The molecule has 0 saturated carbocycles. The van der Waals surface area contributed by atoms with Crippen LogP contribution in [-0.2, 0) is 28.6 Å². The maximum Gasteiger partial charge on any atom is 0.306 e. The predicted octanol–water partition coefficient (Wildman–Crippen LogP) is 24.2. The molecule has 0 aromatic carbocycles. The first-order valence-electron chi connectivity index (χ1n) is 35.3. The lowest BCUT2D eigenvalue weighted by molar-refractivity contribution is -0.167. The summed E-state index contributed by atoms with van der Waals surface area (Å²) in [5.41, 5.74) is 0. The van der Waals surface area contributed by atoms with Crippen LogP contribution < -0.4 is 0 Å². The van der Waals surface area contributed by atoms with E-state index in [1.165, 1.54) is 289 Å². The molecular formula is C72H136O6. The Morgan fingerprint density at radius 2 is 0.449 bits per heavy atom. The first kappa shape index (κ1) is 75.9. The third-order valence-corrected chi connectivity index (χ3v) is 16.2. The Kier molecular flexibility index (Phi) is 65.6. The van der Waals surface area contributed by atoms with Crippen LogP contribution in [0.15, 0.2) is 24.3 Å². The van der Waals surface area contributed by atoms with Crippen molar-refractivity contribution < 1.29 is 28.6 Å². The number of allylic oxidation sites excluding steroid dienone is 4. The second kappa shape index (κ2) is 67.4. The van der Waals surface area contributed by atoms with Gasteiger partial charge in [0.05, 0.1) is 0 Å².